The Morgan fingerprint density at radius 1 is 1.27 bits per heavy atom. The molecule has 1 aromatic rings. The van der Waals surface area contributed by atoms with Gasteiger partial charge in [0.2, 0.25) is 17.9 Å². The van der Waals surface area contributed by atoms with Gasteiger partial charge in [-0.3, -0.25) is 14.4 Å². The molecule has 1 aliphatic heterocycles. The predicted octanol–water partition coefficient (Wildman–Crippen LogP) is -0.452. The zero-order chi connectivity index (χ0) is 19.3. The standard InChI is InChI=1S/C17H21N3O6/c1-11(21)20-9-14(26-13-7-5-4-6-12(13)20)17(24)25-10-15(22)18-8-16(23)19(2)3/h4-7,14H,8-10H2,1-3H3,(H,18,22)/t14-/m0/s1. The van der Waals surface area contributed by atoms with E-state index in [1.807, 2.05) is 0 Å². The molecular weight excluding hydrogens is 342 g/mol. The van der Waals surface area contributed by atoms with Crippen molar-refractivity contribution in [2.75, 3.05) is 38.7 Å². The molecule has 1 N–H and O–H groups in total. The first kappa shape index (κ1) is 19.2. The van der Waals surface area contributed by atoms with Crippen LogP contribution in [-0.4, -0.2) is 68.5 Å². The molecule has 0 saturated carbocycles. The summed E-state index contributed by atoms with van der Waals surface area (Å²) in [6.07, 6.45) is -1.04. The molecular formula is C17H21N3O6. The van der Waals surface area contributed by atoms with Gasteiger partial charge in [0, 0.05) is 21.0 Å². The van der Waals surface area contributed by atoms with E-state index in [1.165, 1.54) is 16.7 Å². The average Bonchev–Trinajstić information content (AvgIpc) is 2.62. The number of hydrogen-bond donors (Lipinski definition) is 1. The van der Waals surface area contributed by atoms with Gasteiger partial charge in [0.05, 0.1) is 18.8 Å². The highest BCUT2D eigenvalue weighted by Gasteiger charge is 2.33. The van der Waals surface area contributed by atoms with Crippen LogP contribution in [0.2, 0.25) is 0 Å². The molecule has 2 rings (SSSR count). The van der Waals surface area contributed by atoms with Crippen molar-refractivity contribution in [2.24, 2.45) is 0 Å². The molecule has 0 saturated heterocycles. The molecule has 1 aromatic carbocycles. The smallest absolute Gasteiger partial charge is 0.349 e. The second-order valence-corrected chi connectivity index (χ2v) is 5.88. The third-order valence-electron chi connectivity index (χ3n) is 3.70. The van der Waals surface area contributed by atoms with Gasteiger partial charge in [0.15, 0.2) is 6.61 Å². The van der Waals surface area contributed by atoms with Crippen molar-refractivity contribution in [3.05, 3.63) is 24.3 Å². The number of carbonyl (C=O) groups is 4. The first-order valence-electron chi connectivity index (χ1n) is 7.97. The van der Waals surface area contributed by atoms with Crippen molar-refractivity contribution in [2.45, 2.75) is 13.0 Å². The number of hydrogen-bond acceptors (Lipinski definition) is 6. The van der Waals surface area contributed by atoms with Gasteiger partial charge in [-0.2, -0.15) is 0 Å². The van der Waals surface area contributed by atoms with Crippen molar-refractivity contribution in [1.29, 1.82) is 0 Å². The van der Waals surface area contributed by atoms with Gasteiger partial charge in [0.1, 0.15) is 5.75 Å². The predicted molar refractivity (Wildman–Crippen MR) is 91.5 cm³/mol. The molecule has 0 bridgehead atoms. The van der Waals surface area contributed by atoms with Crippen molar-refractivity contribution in [3.63, 3.8) is 0 Å². The number of carbonyl (C=O) groups excluding carboxylic acids is 4. The minimum atomic E-state index is -1.04. The Labute approximate surface area is 150 Å². The lowest BCUT2D eigenvalue weighted by Gasteiger charge is -2.33. The van der Waals surface area contributed by atoms with E-state index in [9.17, 15) is 19.2 Å². The molecule has 0 spiro atoms. The second kappa shape index (κ2) is 8.32. The monoisotopic (exact) mass is 363 g/mol. The zero-order valence-corrected chi connectivity index (χ0v) is 14.9. The largest absolute Gasteiger partial charge is 0.475 e. The van der Waals surface area contributed by atoms with Gasteiger partial charge in [-0.1, -0.05) is 12.1 Å². The van der Waals surface area contributed by atoms with E-state index < -0.39 is 24.6 Å². The Kier molecular flexibility index (Phi) is 6.16. The summed E-state index contributed by atoms with van der Waals surface area (Å²) in [5.41, 5.74) is 0.573. The zero-order valence-electron chi connectivity index (χ0n) is 14.9. The van der Waals surface area contributed by atoms with Crippen LogP contribution in [0.15, 0.2) is 24.3 Å². The fraction of sp³-hybridized carbons (Fsp3) is 0.412. The van der Waals surface area contributed by atoms with Crippen LogP contribution in [0.1, 0.15) is 6.92 Å². The fourth-order valence-corrected chi connectivity index (χ4v) is 2.27. The molecule has 3 amide bonds. The number of esters is 1. The van der Waals surface area contributed by atoms with E-state index in [0.29, 0.717) is 11.4 Å². The van der Waals surface area contributed by atoms with Crippen molar-refractivity contribution < 1.29 is 28.7 Å². The van der Waals surface area contributed by atoms with Crippen LogP contribution < -0.4 is 15.0 Å². The lowest BCUT2D eigenvalue weighted by molar-refractivity contribution is -0.155. The van der Waals surface area contributed by atoms with Crippen LogP contribution in [-0.2, 0) is 23.9 Å². The molecule has 0 radical (unpaired) electrons. The molecule has 1 atom stereocenters. The van der Waals surface area contributed by atoms with E-state index in [2.05, 4.69) is 5.32 Å². The number of ether oxygens (including phenoxy) is 2. The summed E-state index contributed by atoms with van der Waals surface area (Å²) in [5.74, 6) is -1.50. The van der Waals surface area contributed by atoms with Crippen molar-refractivity contribution in [1.82, 2.24) is 10.2 Å². The SMILES string of the molecule is CC(=O)N1C[C@@H](C(=O)OCC(=O)NCC(=O)N(C)C)Oc2ccccc21. The van der Waals surface area contributed by atoms with Gasteiger partial charge >= 0.3 is 5.97 Å². The van der Waals surface area contributed by atoms with Gasteiger partial charge < -0.3 is 24.6 Å². The highest BCUT2D eigenvalue weighted by atomic mass is 16.6. The van der Waals surface area contributed by atoms with Crippen LogP contribution in [0.3, 0.4) is 0 Å². The molecule has 26 heavy (non-hydrogen) atoms. The van der Waals surface area contributed by atoms with Crippen molar-refractivity contribution in [3.8, 4) is 5.75 Å². The number of amides is 3. The normalized spacial score (nSPS) is 15.3. The number of fused-ring (bicyclic) bond motifs is 1. The number of rotatable bonds is 5. The number of anilines is 1. The Balaban J connectivity index is 1.91. The van der Waals surface area contributed by atoms with Crippen LogP contribution in [0.25, 0.3) is 0 Å². The van der Waals surface area contributed by atoms with Gasteiger partial charge in [-0.05, 0) is 12.1 Å². The lowest BCUT2D eigenvalue weighted by atomic mass is 10.2. The number of nitrogens with one attached hydrogen (secondary N) is 1. The van der Waals surface area contributed by atoms with E-state index in [4.69, 9.17) is 9.47 Å². The summed E-state index contributed by atoms with van der Waals surface area (Å²) in [5, 5.41) is 2.35. The topological polar surface area (TPSA) is 105 Å². The van der Waals surface area contributed by atoms with E-state index >= 15 is 0 Å². The number of para-hydroxylation sites is 2. The summed E-state index contributed by atoms with van der Waals surface area (Å²) >= 11 is 0. The van der Waals surface area contributed by atoms with Gasteiger partial charge in [-0.15, -0.1) is 0 Å². The third-order valence-corrected chi connectivity index (χ3v) is 3.70. The quantitative estimate of drug-likeness (QED) is 0.711. The molecule has 1 heterocycles. The summed E-state index contributed by atoms with van der Waals surface area (Å²) in [6.45, 7) is 0.654. The summed E-state index contributed by atoms with van der Waals surface area (Å²) in [4.78, 5) is 49.8. The minimum Gasteiger partial charge on any atom is -0.475 e. The number of likely N-dealkylation sites (N-methyl/N-ethyl adjacent to an activating group) is 1. The molecule has 0 unspecified atom stereocenters. The highest BCUT2D eigenvalue weighted by molar-refractivity contribution is 5.95. The molecule has 1 aliphatic rings. The summed E-state index contributed by atoms with van der Waals surface area (Å²) in [6, 6.07) is 6.84. The molecule has 0 fully saturated rings. The molecule has 9 heteroatoms. The van der Waals surface area contributed by atoms with Crippen molar-refractivity contribution >= 4 is 29.4 Å². The fourth-order valence-electron chi connectivity index (χ4n) is 2.27. The molecule has 0 aromatic heterocycles. The minimum absolute atomic E-state index is 0.00802. The maximum atomic E-state index is 12.2. The van der Waals surface area contributed by atoms with Gasteiger partial charge in [0.25, 0.3) is 5.91 Å². The van der Waals surface area contributed by atoms with E-state index in [1.54, 1.807) is 38.4 Å². The lowest BCUT2D eigenvalue weighted by Crippen LogP contribution is -2.47. The maximum absolute atomic E-state index is 12.2. The van der Waals surface area contributed by atoms with Crippen LogP contribution in [0.5, 0.6) is 5.75 Å². The molecule has 140 valence electrons. The Bertz CT molecular complexity index is 718. The summed E-state index contributed by atoms with van der Waals surface area (Å²) in [7, 11) is 3.13. The second-order valence-electron chi connectivity index (χ2n) is 5.88. The maximum Gasteiger partial charge on any atom is 0.349 e. The van der Waals surface area contributed by atoms with Crippen LogP contribution in [0, 0.1) is 0 Å². The summed E-state index contributed by atoms with van der Waals surface area (Å²) < 4.78 is 10.5. The van der Waals surface area contributed by atoms with E-state index in [-0.39, 0.29) is 24.9 Å². The number of nitrogens with zero attached hydrogens (tertiary/aromatic N) is 2. The highest BCUT2D eigenvalue weighted by Crippen LogP contribution is 2.33. The van der Waals surface area contributed by atoms with Crippen LogP contribution >= 0.6 is 0 Å². The molecule has 0 aliphatic carbocycles. The first-order chi connectivity index (χ1) is 12.3. The van der Waals surface area contributed by atoms with Crippen LogP contribution in [0.4, 0.5) is 5.69 Å². The Morgan fingerprint density at radius 3 is 2.62 bits per heavy atom. The number of benzene rings is 1. The molecule has 9 nitrogen and oxygen atoms in total. The van der Waals surface area contributed by atoms with Gasteiger partial charge in [-0.25, -0.2) is 4.79 Å². The Hall–Kier alpha value is -3.10. The Morgan fingerprint density at radius 2 is 1.96 bits per heavy atom. The van der Waals surface area contributed by atoms with E-state index in [0.717, 1.165) is 0 Å². The first-order valence-corrected chi connectivity index (χ1v) is 7.97. The third kappa shape index (κ3) is 4.71. The average molecular weight is 363 g/mol.